The molecule has 0 atom stereocenters. The molecule has 0 saturated carbocycles. The van der Waals surface area contributed by atoms with E-state index in [0.29, 0.717) is 0 Å². The minimum absolute atomic E-state index is 0.198. The fourth-order valence-electron chi connectivity index (χ4n) is 3.01. The van der Waals surface area contributed by atoms with Crippen LogP contribution in [0.4, 0.5) is 0 Å². The van der Waals surface area contributed by atoms with Gasteiger partial charge in [-0.2, -0.15) is 11.8 Å². The Morgan fingerprint density at radius 1 is 1.12 bits per heavy atom. The largest absolute Gasteiger partial charge is 0.355 e. The van der Waals surface area contributed by atoms with Crippen molar-refractivity contribution in [2.45, 2.75) is 50.9 Å². The second kappa shape index (κ2) is 10.1. The molecule has 1 saturated heterocycles. The number of nitrogens with one attached hydrogen (secondary N) is 2. The second-order valence-corrected chi connectivity index (χ2v) is 8.86. The number of benzene rings is 1. The lowest BCUT2D eigenvalue weighted by Crippen LogP contribution is -2.43. The fourth-order valence-corrected chi connectivity index (χ4v) is 3.23. The van der Waals surface area contributed by atoms with Crippen molar-refractivity contribution in [1.29, 1.82) is 0 Å². The van der Waals surface area contributed by atoms with E-state index in [2.05, 4.69) is 64.9 Å². The Morgan fingerprint density at radius 2 is 1.80 bits per heavy atom. The molecule has 2 N–H and O–H groups in total. The number of aliphatic imine (C=N–C) groups is 1. The summed E-state index contributed by atoms with van der Waals surface area (Å²) in [6.45, 7) is 9.71. The molecule has 1 aliphatic rings. The van der Waals surface area contributed by atoms with Crippen LogP contribution in [0.1, 0.15) is 44.2 Å². The van der Waals surface area contributed by atoms with Crippen molar-refractivity contribution in [3.05, 3.63) is 35.4 Å². The van der Waals surface area contributed by atoms with Crippen LogP contribution in [0.15, 0.2) is 29.3 Å². The maximum Gasteiger partial charge on any atom is 0.191 e. The lowest BCUT2D eigenvalue weighted by molar-refractivity contribution is 0.220. The molecule has 1 aliphatic heterocycles. The Balaban J connectivity index is 1.90. The molecule has 1 fully saturated rings. The first-order chi connectivity index (χ1) is 12.0. The molecular formula is C20H34N4S. The molecule has 0 bridgehead atoms. The second-order valence-electron chi connectivity index (χ2n) is 7.35. The zero-order valence-corrected chi connectivity index (χ0v) is 17.1. The summed E-state index contributed by atoms with van der Waals surface area (Å²) < 4.78 is 0.198. The third-order valence-corrected chi connectivity index (χ3v) is 6.11. The zero-order chi connectivity index (χ0) is 18.1. The molecule has 140 valence electrons. The zero-order valence-electron chi connectivity index (χ0n) is 16.3. The average molecular weight is 363 g/mol. The number of rotatable bonds is 7. The van der Waals surface area contributed by atoms with E-state index in [0.717, 1.165) is 25.6 Å². The highest BCUT2D eigenvalue weighted by Gasteiger charge is 2.16. The Hall–Kier alpha value is -1.20. The number of likely N-dealkylation sites (tertiary alicyclic amines) is 1. The summed E-state index contributed by atoms with van der Waals surface area (Å²) in [4.78, 5) is 6.94. The first kappa shape index (κ1) is 20.1. The van der Waals surface area contributed by atoms with E-state index in [1.54, 1.807) is 0 Å². The molecule has 0 aromatic heterocycles. The minimum Gasteiger partial charge on any atom is -0.355 e. The van der Waals surface area contributed by atoms with Crippen LogP contribution in [0.5, 0.6) is 0 Å². The van der Waals surface area contributed by atoms with Gasteiger partial charge in [0.25, 0.3) is 0 Å². The van der Waals surface area contributed by atoms with E-state index in [1.165, 1.54) is 43.5 Å². The molecule has 0 unspecified atom stereocenters. The molecule has 0 aliphatic carbocycles. The average Bonchev–Trinajstić information content (AvgIpc) is 2.64. The summed E-state index contributed by atoms with van der Waals surface area (Å²) in [5.74, 6) is 0.870. The van der Waals surface area contributed by atoms with Gasteiger partial charge in [0.1, 0.15) is 0 Å². The summed E-state index contributed by atoms with van der Waals surface area (Å²) in [6.07, 6.45) is 6.20. The van der Waals surface area contributed by atoms with Crippen molar-refractivity contribution in [1.82, 2.24) is 15.5 Å². The number of piperidine rings is 1. The number of hydrogen-bond acceptors (Lipinski definition) is 3. The molecule has 0 radical (unpaired) electrons. The number of guanidine groups is 1. The van der Waals surface area contributed by atoms with Crippen molar-refractivity contribution >= 4 is 17.7 Å². The summed E-state index contributed by atoms with van der Waals surface area (Å²) in [5.41, 5.74) is 2.79. The first-order valence-electron chi connectivity index (χ1n) is 9.33. The van der Waals surface area contributed by atoms with Crippen LogP contribution in [0.3, 0.4) is 0 Å². The third kappa shape index (κ3) is 6.90. The maximum atomic E-state index is 4.36. The standard InChI is InChI=1S/C20H34N4S/c1-20(2,25-4)16-23-19(21-3)22-14-17-10-6-7-11-18(17)15-24-12-8-5-9-13-24/h6-7,10-11H,5,8-9,12-16H2,1-4H3,(H2,21,22,23). The van der Waals surface area contributed by atoms with Gasteiger partial charge in [0.05, 0.1) is 0 Å². The van der Waals surface area contributed by atoms with E-state index in [4.69, 9.17) is 0 Å². The van der Waals surface area contributed by atoms with E-state index in [1.807, 2.05) is 18.8 Å². The normalized spacial score (nSPS) is 16.7. The lowest BCUT2D eigenvalue weighted by atomic mass is 10.0. The predicted molar refractivity (Wildman–Crippen MR) is 111 cm³/mol. The van der Waals surface area contributed by atoms with Crippen molar-refractivity contribution in [2.75, 3.05) is 32.9 Å². The van der Waals surface area contributed by atoms with Gasteiger partial charge in [0, 0.05) is 31.4 Å². The van der Waals surface area contributed by atoms with Gasteiger partial charge < -0.3 is 10.6 Å². The minimum atomic E-state index is 0.198. The Labute approximate surface area is 157 Å². The molecule has 1 heterocycles. The maximum absolute atomic E-state index is 4.36. The van der Waals surface area contributed by atoms with Crippen LogP contribution in [0.25, 0.3) is 0 Å². The highest BCUT2D eigenvalue weighted by atomic mass is 32.2. The molecule has 4 nitrogen and oxygen atoms in total. The highest BCUT2D eigenvalue weighted by molar-refractivity contribution is 7.99. The van der Waals surface area contributed by atoms with Crippen molar-refractivity contribution in [3.8, 4) is 0 Å². The summed E-state index contributed by atoms with van der Waals surface area (Å²) in [5, 5.41) is 6.91. The molecule has 1 aromatic rings. The van der Waals surface area contributed by atoms with E-state index < -0.39 is 0 Å². The van der Waals surface area contributed by atoms with Crippen LogP contribution in [0.2, 0.25) is 0 Å². The number of hydrogen-bond donors (Lipinski definition) is 2. The van der Waals surface area contributed by atoms with Crippen LogP contribution in [-0.4, -0.2) is 48.5 Å². The summed E-state index contributed by atoms with van der Waals surface area (Å²) in [6, 6.07) is 8.77. The van der Waals surface area contributed by atoms with Crippen molar-refractivity contribution in [3.63, 3.8) is 0 Å². The molecule has 1 aromatic carbocycles. The van der Waals surface area contributed by atoms with E-state index in [9.17, 15) is 0 Å². The van der Waals surface area contributed by atoms with Crippen LogP contribution >= 0.6 is 11.8 Å². The summed E-state index contributed by atoms with van der Waals surface area (Å²) >= 11 is 1.87. The van der Waals surface area contributed by atoms with Crippen molar-refractivity contribution < 1.29 is 0 Å². The third-order valence-electron chi connectivity index (χ3n) is 4.87. The van der Waals surface area contributed by atoms with Gasteiger partial charge >= 0.3 is 0 Å². The lowest BCUT2D eigenvalue weighted by Gasteiger charge is -2.27. The summed E-state index contributed by atoms with van der Waals surface area (Å²) in [7, 11) is 1.83. The highest BCUT2D eigenvalue weighted by Crippen LogP contribution is 2.19. The first-order valence-corrected chi connectivity index (χ1v) is 10.6. The Bertz CT molecular complexity index is 550. The van der Waals surface area contributed by atoms with Gasteiger partial charge in [-0.15, -0.1) is 0 Å². The van der Waals surface area contributed by atoms with Gasteiger partial charge in [-0.1, -0.05) is 30.7 Å². The van der Waals surface area contributed by atoms with Crippen LogP contribution < -0.4 is 10.6 Å². The quantitative estimate of drug-likeness (QED) is 0.575. The number of nitrogens with zero attached hydrogens (tertiary/aromatic N) is 2. The topological polar surface area (TPSA) is 39.7 Å². The van der Waals surface area contributed by atoms with E-state index >= 15 is 0 Å². The molecule has 0 amide bonds. The van der Waals surface area contributed by atoms with Crippen molar-refractivity contribution in [2.24, 2.45) is 4.99 Å². The monoisotopic (exact) mass is 362 g/mol. The smallest absolute Gasteiger partial charge is 0.191 e. The van der Waals surface area contributed by atoms with Gasteiger partial charge in [-0.05, 0) is 57.2 Å². The molecule has 25 heavy (non-hydrogen) atoms. The molecule has 2 rings (SSSR count). The molecule has 5 heteroatoms. The van der Waals surface area contributed by atoms with Crippen LogP contribution in [0, 0.1) is 0 Å². The van der Waals surface area contributed by atoms with Gasteiger partial charge in [-0.3, -0.25) is 9.89 Å². The Morgan fingerprint density at radius 3 is 2.44 bits per heavy atom. The molecular weight excluding hydrogens is 328 g/mol. The Kier molecular flexibility index (Phi) is 8.10. The fraction of sp³-hybridized carbons (Fsp3) is 0.650. The molecule has 0 spiro atoms. The van der Waals surface area contributed by atoms with Crippen LogP contribution in [-0.2, 0) is 13.1 Å². The van der Waals surface area contributed by atoms with Gasteiger partial charge in [0.15, 0.2) is 5.96 Å². The number of thioether (sulfide) groups is 1. The van der Waals surface area contributed by atoms with Gasteiger partial charge in [-0.25, -0.2) is 0 Å². The van der Waals surface area contributed by atoms with Gasteiger partial charge in [0.2, 0.25) is 0 Å². The predicted octanol–water partition coefficient (Wildman–Crippen LogP) is 3.48. The van der Waals surface area contributed by atoms with E-state index in [-0.39, 0.29) is 4.75 Å². The SMILES string of the molecule is CN=C(NCc1ccccc1CN1CCCCC1)NCC(C)(C)SC.